The summed E-state index contributed by atoms with van der Waals surface area (Å²) < 4.78 is 45.7. The second kappa shape index (κ2) is 14.5. The van der Waals surface area contributed by atoms with Crippen molar-refractivity contribution in [2.45, 2.75) is 50.4 Å². The normalized spacial score (nSPS) is 24.6. The van der Waals surface area contributed by atoms with E-state index in [0.717, 1.165) is 6.92 Å². The number of hydrogen-bond donors (Lipinski definition) is 4. The molecule has 15 nitrogen and oxygen atoms in total. The van der Waals surface area contributed by atoms with Crippen molar-refractivity contribution in [1.29, 1.82) is 0 Å². The number of nitrogens with one attached hydrogen (secondary N) is 1. The molecule has 0 spiro atoms. The fourth-order valence-electron chi connectivity index (χ4n) is 2.98. The molecule has 1 aliphatic heterocycles. The van der Waals surface area contributed by atoms with Crippen molar-refractivity contribution in [2.24, 2.45) is 10.1 Å². The van der Waals surface area contributed by atoms with Crippen LogP contribution in [0.15, 0.2) is 34.4 Å². The van der Waals surface area contributed by atoms with Crippen LogP contribution in [0.1, 0.15) is 19.8 Å². The molecule has 2 rings (SSSR count). The number of aliphatic hydroxyl groups excluding tert-OH is 2. The zero-order valence-electron chi connectivity index (χ0n) is 18.9. The third kappa shape index (κ3) is 10.7. The van der Waals surface area contributed by atoms with Gasteiger partial charge in [0.05, 0.1) is 6.61 Å². The first-order valence-corrected chi connectivity index (χ1v) is 11.3. The number of amides is 1. The van der Waals surface area contributed by atoms with Gasteiger partial charge in [0.1, 0.15) is 30.1 Å². The molecular weight excluding hydrogens is 501 g/mol. The van der Waals surface area contributed by atoms with Gasteiger partial charge in [-0.05, 0) is 49.0 Å². The van der Waals surface area contributed by atoms with E-state index in [-0.39, 0.29) is 54.2 Å². The average molecular weight is 525 g/mol. The van der Waals surface area contributed by atoms with Gasteiger partial charge >= 0.3 is 40.0 Å². The molecule has 1 amide bonds. The Bertz CT molecular complexity index is 1020. The topological polar surface area (TPSA) is 236 Å². The number of azide groups is 1. The Morgan fingerprint density at radius 1 is 1.29 bits per heavy atom. The van der Waals surface area contributed by atoms with Gasteiger partial charge in [-0.25, -0.2) is 4.18 Å². The smallest absolute Gasteiger partial charge is 0.862 e. The quantitative estimate of drug-likeness (QED) is 0.0325. The molecule has 1 aromatic rings. The molecule has 17 heteroatoms. The predicted octanol–water partition coefficient (Wildman–Crippen LogP) is -3.49. The number of hydrogen-bond acceptors (Lipinski definition) is 11. The zero-order chi connectivity index (χ0) is 25.3. The Kier molecular flexibility index (Phi) is 12.9. The molecule has 0 unspecified atom stereocenters. The maximum absolute atomic E-state index is 11.9. The number of rotatable bonds is 11. The van der Waals surface area contributed by atoms with Crippen LogP contribution >= 0.6 is 0 Å². The Morgan fingerprint density at radius 3 is 2.51 bits per heavy atom. The van der Waals surface area contributed by atoms with Crippen molar-refractivity contribution in [3.63, 3.8) is 0 Å². The fraction of sp³-hybridized carbons (Fsp3) is 0.556. The number of carbonyl (C=O) groups is 1. The van der Waals surface area contributed by atoms with Gasteiger partial charge in [-0.15, -0.1) is 0 Å². The van der Waals surface area contributed by atoms with Gasteiger partial charge in [0, 0.05) is 23.6 Å². The third-order valence-electron chi connectivity index (χ3n) is 4.50. The fourth-order valence-corrected chi connectivity index (χ4v) is 3.29. The van der Waals surface area contributed by atoms with E-state index < -0.39 is 53.5 Å². The minimum absolute atomic E-state index is 0. The summed E-state index contributed by atoms with van der Waals surface area (Å²) >= 11 is 0. The Balaban J connectivity index is 0.00000612. The van der Waals surface area contributed by atoms with Crippen molar-refractivity contribution >= 4 is 27.9 Å². The summed E-state index contributed by atoms with van der Waals surface area (Å²) in [6.45, 7) is 0.476. The van der Waals surface area contributed by atoms with E-state index in [9.17, 15) is 28.5 Å². The van der Waals surface area contributed by atoms with Gasteiger partial charge in [0.2, 0.25) is 12.2 Å². The molecule has 0 aromatic heterocycles. The zero-order valence-corrected chi connectivity index (χ0v) is 21.7. The van der Waals surface area contributed by atoms with Crippen LogP contribution in [-0.2, 0) is 24.1 Å². The maximum Gasteiger partial charge on any atom is 1.00 e. The predicted molar refractivity (Wildman–Crippen MR) is 114 cm³/mol. The van der Waals surface area contributed by atoms with E-state index in [1.165, 1.54) is 24.3 Å². The molecule has 188 valence electrons. The molecule has 35 heavy (non-hydrogen) atoms. The average Bonchev–Trinajstić information content (AvgIpc) is 2.76. The van der Waals surface area contributed by atoms with Crippen LogP contribution in [0.3, 0.4) is 0 Å². The maximum atomic E-state index is 11.9. The minimum Gasteiger partial charge on any atom is -0.862 e. The summed E-state index contributed by atoms with van der Waals surface area (Å²) in [5, 5.41) is 38.0. The number of ether oxygens (including phenoxy) is 2. The van der Waals surface area contributed by atoms with Gasteiger partial charge in [-0.3, -0.25) is 14.3 Å². The number of aliphatic hydroxyl groups is 2. The first-order valence-electron chi connectivity index (χ1n) is 9.92. The summed E-state index contributed by atoms with van der Waals surface area (Å²) in [7, 11) is -4.84. The van der Waals surface area contributed by atoms with Crippen LogP contribution in [0.4, 0.5) is 5.69 Å². The van der Waals surface area contributed by atoms with Crippen LogP contribution in [-0.4, -0.2) is 78.8 Å². The molecule has 1 saturated heterocycles. The molecule has 0 bridgehead atoms. The van der Waals surface area contributed by atoms with E-state index in [2.05, 4.69) is 24.5 Å². The second-order valence-corrected chi connectivity index (χ2v) is 8.21. The Labute approximate surface area is 223 Å². The summed E-state index contributed by atoms with van der Waals surface area (Å²) in [5.41, 5.74) is 8.65. The monoisotopic (exact) mass is 525 g/mol. The summed E-state index contributed by atoms with van der Waals surface area (Å²) in [5.74, 6) is -0.802. The van der Waals surface area contributed by atoms with Crippen molar-refractivity contribution in [2.75, 3.05) is 18.5 Å². The number of carbonyl (C=O) groups excluding carboxylic acids is 1. The van der Waals surface area contributed by atoms with Crippen molar-refractivity contribution in [1.82, 2.24) is 0 Å². The Hall–Kier alpha value is -1.98. The van der Waals surface area contributed by atoms with E-state index in [0.29, 0.717) is 12.1 Å². The largest absolute Gasteiger partial charge is 1.00 e. The summed E-state index contributed by atoms with van der Waals surface area (Å²) in [6, 6.07) is 4.55. The van der Waals surface area contributed by atoms with E-state index in [4.69, 9.17) is 19.6 Å². The van der Waals surface area contributed by atoms with Crippen LogP contribution < -0.4 is 44.7 Å². The minimum atomic E-state index is -4.84. The summed E-state index contributed by atoms with van der Waals surface area (Å²) in [4.78, 5) is 18.2. The molecule has 1 aromatic carbocycles. The van der Waals surface area contributed by atoms with Gasteiger partial charge in [-0.2, -0.15) is 8.42 Å². The van der Waals surface area contributed by atoms with Crippen LogP contribution in [0, 0.1) is 0 Å². The first kappa shape index (κ1) is 31.1. The van der Waals surface area contributed by atoms with Crippen molar-refractivity contribution in [3.8, 4) is 5.75 Å². The third-order valence-corrected chi connectivity index (χ3v) is 4.93. The van der Waals surface area contributed by atoms with Gasteiger partial charge < -0.3 is 30.1 Å². The number of benzene rings is 1. The van der Waals surface area contributed by atoms with Gasteiger partial charge in [0.15, 0.2) is 0 Å². The van der Waals surface area contributed by atoms with E-state index in [1.807, 2.05) is 0 Å². The van der Waals surface area contributed by atoms with E-state index in [1.54, 1.807) is 0 Å². The van der Waals surface area contributed by atoms with Crippen LogP contribution in [0.25, 0.3) is 10.4 Å². The number of nitrogens with zero attached hydrogens (tertiary/aromatic N) is 4. The molecule has 0 aliphatic carbocycles. The second-order valence-electron chi connectivity index (χ2n) is 7.12. The molecule has 1 fully saturated rings. The van der Waals surface area contributed by atoms with E-state index >= 15 is 0 Å². The molecule has 1 aliphatic rings. The standard InChI is InChI=1S/C18H25N5O10S.Na/c1-10(24)21-15-17(27)16(26)13(9-31-34(28,29)30)33-18(15)32-12-6-4-11(5-7-12)22-14(25)3-2-8-20-23-19;/h4-7,13,15-18,26-27H,2-3,8-9H2,1H3,(H,21,24)(H,22,25)(H,28,29,30);/q;+1/p-1/t13-,15-,16-,17-,18-;/m1./s1. The summed E-state index contributed by atoms with van der Waals surface area (Å²) in [6.07, 6.45) is -5.72. The molecule has 0 radical (unpaired) electrons. The molecule has 4 N–H and O–H groups in total. The number of aliphatic imine (C=N–C) groups is 1. The Morgan fingerprint density at radius 2 is 1.94 bits per heavy atom. The van der Waals surface area contributed by atoms with Gasteiger partial charge in [-0.1, -0.05) is 5.11 Å². The van der Waals surface area contributed by atoms with Crippen molar-refractivity contribution < 1.29 is 76.3 Å². The molecular formula is C18H24N5NaO10S. The van der Waals surface area contributed by atoms with Crippen LogP contribution in [0.2, 0.25) is 0 Å². The van der Waals surface area contributed by atoms with Gasteiger partial charge in [0.25, 0.3) is 0 Å². The molecule has 0 saturated carbocycles. The van der Waals surface area contributed by atoms with Crippen molar-refractivity contribution in [3.05, 3.63) is 34.7 Å². The molecule has 5 atom stereocenters. The first-order chi connectivity index (χ1) is 16.0. The van der Waals surface area contributed by atoms with Crippen LogP contribution in [0.5, 0.6) is 5.75 Å². The SMILES string of the molecule is CC([O-])=N[C@H]1[C@H](Oc2ccc(NC(=O)CCCN=[N+]=[N-])cc2)O[C@H](COS(=O)(=O)O)[C@@H](O)[C@@H]1O.[Na+]. The molecule has 1 heterocycles. The number of anilines is 1.